The summed E-state index contributed by atoms with van der Waals surface area (Å²) in [7, 11) is -2.15. The summed E-state index contributed by atoms with van der Waals surface area (Å²) in [6.07, 6.45) is 1.02. The lowest BCUT2D eigenvalue weighted by Gasteiger charge is -2.29. The molecular formula is C23H26N4O6S. The molecule has 0 bridgehead atoms. The highest BCUT2D eigenvalue weighted by atomic mass is 32.2. The molecule has 10 nitrogen and oxygen atoms in total. The van der Waals surface area contributed by atoms with Crippen LogP contribution >= 0.6 is 0 Å². The Labute approximate surface area is 197 Å². The summed E-state index contributed by atoms with van der Waals surface area (Å²) < 4.78 is 40.5. The van der Waals surface area contributed by atoms with Crippen molar-refractivity contribution >= 4 is 27.3 Å². The molecule has 4 rings (SSSR count). The fourth-order valence-electron chi connectivity index (χ4n) is 3.92. The van der Waals surface area contributed by atoms with Gasteiger partial charge in [0.15, 0.2) is 11.5 Å². The average molecular weight is 487 g/mol. The van der Waals surface area contributed by atoms with E-state index in [1.54, 1.807) is 42.9 Å². The predicted molar refractivity (Wildman–Crippen MR) is 129 cm³/mol. The molecule has 1 aliphatic rings. The van der Waals surface area contributed by atoms with E-state index in [0.717, 1.165) is 10.6 Å². The van der Waals surface area contributed by atoms with Crippen LogP contribution in [0.5, 0.6) is 11.5 Å². The van der Waals surface area contributed by atoms with Crippen LogP contribution in [0, 0.1) is 6.92 Å². The number of ether oxygens (including phenoxy) is 2. The second kappa shape index (κ2) is 8.90. The van der Waals surface area contributed by atoms with E-state index in [1.165, 1.54) is 17.7 Å². The monoisotopic (exact) mass is 486 g/mol. The number of para-hydroxylation sites is 1. The number of sulfonamides is 1. The fourth-order valence-corrected chi connectivity index (χ4v) is 5.08. The van der Waals surface area contributed by atoms with Crippen molar-refractivity contribution in [2.24, 2.45) is 7.05 Å². The summed E-state index contributed by atoms with van der Waals surface area (Å²) >= 11 is 0. The first-order valence-corrected chi connectivity index (χ1v) is 12.5. The smallest absolute Gasteiger partial charge is 0.295 e. The second-order valence-corrected chi connectivity index (χ2v) is 9.85. The number of nitrogens with one attached hydrogen (secondary N) is 1. The van der Waals surface area contributed by atoms with Crippen LogP contribution in [0.15, 0.2) is 53.3 Å². The van der Waals surface area contributed by atoms with Crippen molar-refractivity contribution in [2.75, 3.05) is 29.1 Å². The summed E-state index contributed by atoms with van der Waals surface area (Å²) in [6, 6.07) is 12.5. The number of hydrogen-bond acceptors (Lipinski definition) is 6. The van der Waals surface area contributed by atoms with Gasteiger partial charge in [-0.2, -0.15) is 0 Å². The topological polar surface area (TPSA) is 112 Å². The minimum absolute atomic E-state index is 0.0822. The number of carbonyl (C=O) groups is 1. The van der Waals surface area contributed by atoms with E-state index in [9.17, 15) is 18.0 Å². The third kappa shape index (κ3) is 4.26. The van der Waals surface area contributed by atoms with Crippen LogP contribution in [0.2, 0.25) is 0 Å². The number of benzene rings is 2. The summed E-state index contributed by atoms with van der Waals surface area (Å²) in [6.45, 7) is 3.90. The summed E-state index contributed by atoms with van der Waals surface area (Å²) in [5.74, 6) is 0.253. The number of fused-ring (bicyclic) bond motifs is 1. The van der Waals surface area contributed by atoms with Crippen molar-refractivity contribution in [1.82, 2.24) is 9.36 Å². The molecular weight excluding hydrogens is 460 g/mol. The van der Waals surface area contributed by atoms with E-state index >= 15 is 0 Å². The zero-order chi connectivity index (χ0) is 24.6. The molecule has 0 unspecified atom stereocenters. The van der Waals surface area contributed by atoms with Crippen LogP contribution in [0.4, 0.5) is 11.4 Å². The van der Waals surface area contributed by atoms with E-state index in [1.807, 2.05) is 18.2 Å². The number of hydrogen-bond donors (Lipinski definition) is 1. The molecule has 1 amide bonds. The van der Waals surface area contributed by atoms with E-state index < -0.39 is 27.5 Å². The Hall–Kier alpha value is -3.73. The van der Waals surface area contributed by atoms with Crippen molar-refractivity contribution < 1.29 is 22.7 Å². The molecule has 0 saturated heterocycles. The molecule has 0 fully saturated rings. The third-order valence-corrected chi connectivity index (χ3v) is 6.91. The Morgan fingerprint density at radius 3 is 2.38 bits per heavy atom. The maximum absolute atomic E-state index is 13.2. The van der Waals surface area contributed by atoms with Crippen LogP contribution in [0.3, 0.4) is 0 Å². The van der Waals surface area contributed by atoms with Gasteiger partial charge < -0.3 is 14.8 Å². The second-order valence-electron chi connectivity index (χ2n) is 7.99. The Bertz CT molecular complexity index is 1390. The lowest BCUT2D eigenvalue weighted by Crippen LogP contribution is -2.46. The highest BCUT2D eigenvalue weighted by Gasteiger charge is 2.31. The quantitative estimate of drug-likeness (QED) is 0.571. The number of anilines is 2. The van der Waals surface area contributed by atoms with Crippen molar-refractivity contribution in [3.63, 3.8) is 0 Å². The van der Waals surface area contributed by atoms with Gasteiger partial charge in [0, 0.05) is 13.1 Å². The molecule has 2 aromatic carbocycles. The molecule has 0 radical (unpaired) electrons. The van der Waals surface area contributed by atoms with Gasteiger partial charge in [-0.15, -0.1) is 0 Å². The summed E-state index contributed by atoms with van der Waals surface area (Å²) in [4.78, 5) is 26.3. The van der Waals surface area contributed by atoms with Crippen LogP contribution < -0.4 is 24.7 Å². The number of carbonyl (C=O) groups excluding carboxylic acids is 1. The molecule has 0 aliphatic carbocycles. The number of rotatable bonds is 6. The van der Waals surface area contributed by atoms with Gasteiger partial charge in [-0.3, -0.25) is 18.6 Å². The molecule has 2 heterocycles. The maximum atomic E-state index is 13.2. The van der Waals surface area contributed by atoms with Gasteiger partial charge in [-0.25, -0.2) is 13.1 Å². The lowest BCUT2D eigenvalue weighted by molar-refractivity contribution is -0.116. The van der Waals surface area contributed by atoms with Gasteiger partial charge in [0.1, 0.15) is 24.9 Å². The van der Waals surface area contributed by atoms with Crippen molar-refractivity contribution in [1.29, 1.82) is 0 Å². The molecule has 1 aliphatic heterocycles. The van der Waals surface area contributed by atoms with Gasteiger partial charge in [0.05, 0.1) is 23.3 Å². The Morgan fingerprint density at radius 1 is 1.09 bits per heavy atom. The Kier molecular flexibility index (Phi) is 6.13. The van der Waals surface area contributed by atoms with Gasteiger partial charge in [0.2, 0.25) is 15.9 Å². The molecule has 180 valence electrons. The van der Waals surface area contributed by atoms with E-state index in [4.69, 9.17) is 9.47 Å². The first kappa shape index (κ1) is 23.4. The third-order valence-electron chi connectivity index (χ3n) is 5.67. The molecule has 3 aromatic rings. The molecule has 34 heavy (non-hydrogen) atoms. The van der Waals surface area contributed by atoms with E-state index in [-0.39, 0.29) is 11.4 Å². The molecule has 0 saturated carbocycles. The van der Waals surface area contributed by atoms with Gasteiger partial charge in [-0.05, 0) is 38.1 Å². The fraction of sp³-hybridized carbons (Fsp3) is 0.304. The SMILES string of the molecule is Cc1c(NC(=O)[C@H](C)N(c2ccc3c(c2)OCCO3)S(C)(=O)=O)c(=O)n(-c2ccccc2)n1C. The van der Waals surface area contributed by atoms with E-state index in [0.29, 0.717) is 36.1 Å². The van der Waals surface area contributed by atoms with Crippen LogP contribution in [-0.2, 0) is 21.9 Å². The zero-order valence-corrected chi connectivity index (χ0v) is 20.1. The van der Waals surface area contributed by atoms with Crippen molar-refractivity contribution in [2.45, 2.75) is 19.9 Å². The average Bonchev–Trinajstić information content (AvgIpc) is 3.01. The van der Waals surface area contributed by atoms with Crippen molar-refractivity contribution in [3.8, 4) is 17.2 Å². The van der Waals surface area contributed by atoms with Gasteiger partial charge in [0.25, 0.3) is 5.56 Å². The molecule has 11 heteroatoms. The summed E-state index contributed by atoms with van der Waals surface area (Å²) in [5.41, 5.74) is 1.08. The first-order valence-electron chi connectivity index (χ1n) is 10.6. The standard InChI is InChI=1S/C23H26N4O6S/c1-15-21(23(29)26(25(15)3)17-8-6-5-7-9-17)24-22(28)16(2)27(34(4,30)31)18-10-11-19-20(14-18)33-13-12-32-19/h5-11,14,16H,12-13H2,1-4H3,(H,24,28)/t16-/m0/s1. The van der Waals surface area contributed by atoms with Crippen LogP contribution in [0.1, 0.15) is 12.6 Å². The Balaban J connectivity index is 1.67. The maximum Gasteiger partial charge on any atom is 0.295 e. The van der Waals surface area contributed by atoms with Crippen LogP contribution in [0.25, 0.3) is 5.69 Å². The minimum atomic E-state index is -3.86. The summed E-state index contributed by atoms with van der Waals surface area (Å²) in [5, 5.41) is 2.64. The van der Waals surface area contributed by atoms with E-state index in [2.05, 4.69) is 5.32 Å². The zero-order valence-electron chi connectivity index (χ0n) is 19.3. The highest BCUT2D eigenvalue weighted by molar-refractivity contribution is 7.92. The molecule has 1 aromatic heterocycles. The van der Waals surface area contributed by atoms with Gasteiger partial charge in [-0.1, -0.05) is 18.2 Å². The molecule has 1 atom stereocenters. The van der Waals surface area contributed by atoms with Gasteiger partial charge >= 0.3 is 0 Å². The van der Waals surface area contributed by atoms with Crippen molar-refractivity contribution in [3.05, 3.63) is 64.6 Å². The largest absolute Gasteiger partial charge is 0.486 e. The minimum Gasteiger partial charge on any atom is -0.486 e. The number of aromatic nitrogens is 2. The highest BCUT2D eigenvalue weighted by Crippen LogP contribution is 2.35. The normalized spacial score (nSPS) is 13.9. The van der Waals surface area contributed by atoms with Crippen LogP contribution in [-0.4, -0.2) is 49.2 Å². The molecule has 0 spiro atoms. The molecule has 1 N–H and O–H groups in total. The number of amides is 1. The predicted octanol–water partition coefficient (Wildman–Crippen LogP) is 2.05. The number of nitrogens with zero attached hydrogens (tertiary/aromatic N) is 3. The Morgan fingerprint density at radius 2 is 1.74 bits per heavy atom. The first-order chi connectivity index (χ1) is 16.1. The lowest BCUT2D eigenvalue weighted by atomic mass is 10.2.